The van der Waals surface area contributed by atoms with Crippen molar-refractivity contribution in [2.24, 2.45) is 17.3 Å². The summed E-state index contributed by atoms with van der Waals surface area (Å²) in [7, 11) is 0. The molecule has 0 bridgehead atoms. The summed E-state index contributed by atoms with van der Waals surface area (Å²) in [6.07, 6.45) is 3.27. The molecule has 27 heavy (non-hydrogen) atoms. The van der Waals surface area contributed by atoms with Crippen molar-refractivity contribution in [3.8, 4) is 0 Å². The van der Waals surface area contributed by atoms with E-state index < -0.39 is 0 Å². The second kappa shape index (κ2) is 7.00. The topological polar surface area (TPSA) is 26.3 Å². The second-order valence-corrected chi connectivity index (χ2v) is 9.00. The number of halogens is 2. The summed E-state index contributed by atoms with van der Waals surface area (Å²) in [6, 6.07) is 16.5. The van der Waals surface area contributed by atoms with Crippen molar-refractivity contribution in [1.82, 2.24) is 0 Å². The van der Waals surface area contributed by atoms with Crippen LogP contribution in [0.1, 0.15) is 42.2 Å². The Balaban J connectivity index is 1.68. The molecular weight excluding hydrogens is 379 g/mol. The number of allylic oxidation sites excluding steroid dienone is 1. The summed E-state index contributed by atoms with van der Waals surface area (Å²) >= 11 is 11.7. The van der Waals surface area contributed by atoms with Gasteiger partial charge in [-0.25, -0.2) is 0 Å². The van der Waals surface area contributed by atoms with Crippen LogP contribution in [0.4, 0.5) is 0 Å². The Morgan fingerprint density at radius 3 is 2.04 bits per heavy atom. The molecule has 140 valence electrons. The zero-order chi connectivity index (χ0) is 19.2. The van der Waals surface area contributed by atoms with E-state index in [1.807, 2.05) is 38.1 Å². The van der Waals surface area contributed by atoms with Gasteiger partial charge >= 0.3 is 5.97 Å². The van der Waals surface area contributed by atoms with Gasteiger partial charge in [0, 0.05) is 11.1 Å². The van der Waals surface area contributed by atoms with E-state index in [1.165, 1.54) is 11.1 Å². The summed E-state index contributed by atoms with van der Waals surface area (Å²) in [5.41, 5.74) is 4.44. The van der Waals surface area contributed by atoms with Gasteiger partial charge in [0.05, 0.1) is 5.92 Å². The predicted molar refractivity (Wildman–Crippen MR) is 109 cm³/mol. The third-order valence-electron chi connectivity index (χ3n) is 6.04. The van der Waals surface area contributed by atoms with E-state index in [4.69, 9.17) is 27.9 Å². The van der Waals surface area contributed by atoms with Gasteiger partial charge in [-0.3, -0.25) is 4.79 Å². The van der Waals surface area contributed by atoms with Crippen LogP contribution in [0.2, 0.25) is 0 Å². The van der Waals surface area contributed by atoms with Gasteiger partial charge in [0.15, 0.2) is 6.10 Å². The molecular formula is C23H22Cl2O2. The van der Waals surface area contributed by atoms with Crippen molar-refractivity contribution in [3.63, 3.8) is 0 Å². The van der Waals surface area contributed by atoms with E-state index in [9.17, 15) is 4.79 Å². The standard InChI is InChI=1S/C23H22Cl2O2/c1-23(2)18(13-19(24)25)20(23)22(26)27-21-16-9-5-3-7-14(16)11-12-15-8-4-6-10-17(15)21/h3-10,13,18,20-21H,11-12H2,1-2H3. The SMILES string of the molecule is CC1(C)C(C=C(Cl)Cl)C1C(=O)OC1c2ccccc2CCc2ccccc21. The third kappa shape index (κ3) is 3.41. The Morgan fingerprint density at radius 1 is 1.00 bits per heavy atom. The molecule has 1 saturated carbocycles. The lowest BCUT2D eigenvalue weighted by molar-refractivity contribution is -0.150. The number of aryl methyl sites for hydroxylation is 2. The van der Waals surface area contributed by atoms with Crippen molar-refractivity contribution in [1.29, 1.82) is 0 Å². The number of fused-ring (bicyclic) bond motifs is 2. The first-order chi connectivity index (χ1) is 12.9. The molecule has 0 heterocycles. The van der Waals surface area contributed by atoms with Crippen LogP contribution in [0, 0.1) is 17.3 Å². The molecule has 4 rings (SSSR count). The fraction of sp³-hybridized carbons (Fsp3) is 0.348. The van der Waals surface area contributed by atoms with Gasteiger partial charge in [0.25, 0.3) is 0 Å². The summed E-state index contributed by atoms with van der Waals surface area (Å²) in [5, 5.41) is 0. The van der Waals surface area contributed by atoms with Crippen LogP contribution < -0.4 is 0 Å². The first-order valence-electron chi connectivity index (χ1n) is 9.28. The number of carbonyl (C=O) groups excluding carboxylic acids is 1. The van der Waals surface area contributed by atoms with Crippen molar-refractivity contribution in [2.75, 3.05) is 0 Å². The molecule has 2 unspecified atom stereocenters. The first-order valence-corrected chi connectivity index (χ1v) is 10.0. The van der Waals surface area contributed by atoms with Crippen LogP contribution in [-0.4, -0.2) is 5.97 Å². The minimum Gasteiger partial charge on any atom is -0.452 e. The minimum absolute atomic E-state index is 0.00580. The Bertz CT molecular complexity index is 865. The van der Waals surface area contributed by atoms with E-state index >= 15 is 0 Å². The van der Waals surface area contributed by atoms with Crippen LogP contribution in [0.5, 0.6) is 0 Å². The monoisotopic (exact) mass is 400 g/mol. The molecule has 0 saturated heterocycles. The average molecular weight is 401 g/mol. The summed E-state index contributed by atoms with van der Waals surface area (Å²) in [4.78, 5) is 13.1. The largest absolute Gasteiger partial charge is 0.452 e. The highest BCUT2D eigenvalue weighted by Gasteiger charge is 2.62. The lowest BCUT2D eigenvalue weighted by Crippen LogP contribution is -2.17. The van der Waals surface area contributed by atoms with Gasteiger partial charge in [-0.15, -0.1) is 0 Å². The van der Waals surface area contributed by atoms with Crippen molar-refractivity contribution in [2.45, 2.75) is 32.8 Å². The number of hydrogen-bond acceptors (Lipinski definition) is 2. The van der Waals surface area contributed by atoms with Gasteiger partial charge in [0.1, 0.15) is 4.49 Å². The zero-order valence-electron chi connectivity index (χ0n) is 15.4. The molecule has 0 radical (unpaired) electrons. The smallest absolute Gasteiger partial charge is 0.311 e. The fourth-order valence-corrected chi connectivity index (χ4v) is 4.63. The first kappa shape index (κ1) is 18.6. The lowest BCUT2D eigenvalue weighted by Gasteiger charge is -2.21. The predicted octanol–water partition coefficient (Wildman–Crippen LogP) is 6.01. The highest BCUT2D eigenvalue weighted by molar-refractivity contribution is 6.55. The number of rotatable bonds is 3. The fourth-order valence-electron chi connectivity index (χ4n) is 4.36. The molecule has 2 aliphatic rings. The van der Waals surface area contributed by atoms with Gasteiger partial charge in [-0.2, -0.15) is 0 Å². The maximum absolute atomic E-state index is 13.1. The minimum atomic E-state index is -0.375. The molecule has 2 aromatic carbocycles. The second-order valence-electron chi connectivity index (χ2n) is 8.00. The number of hydrogen-bond donors (Lipinski definition) is 0. The normalized spacial score (nSPS) is 22.8. The highest BCUT2D eigenvalue weighted by atomic mass is 35.5. The Labute approximate surface area is 170 Å². The number of ether oxygens (including phenoxy) is 1. The molecule has 4 heteroatoms. The van der Waals surface area contributed by atoms with E-state index in [0.29, 0.717) is 0 Å². The Morgan fingerprint density at radius 2 is 1.52 bits per heavy atom. The van der Waals surface area contributed by atoms with Crippen LogP contribution >= 0.6 is 23.2 Å². The van der Waals surface area contributed by atoms with Gasteiger partial charge in [0.2, 0.25) is 0 Å². The quantitative estimate of drug-likeness (QED) is 0.589. The van der Waals surface area contributed by atoms with E-state index in [2.05, 4.69) is 24.3 Å². The van der Waals surface area contributed by atoms with Crippen LogP contribution in [0.15, 0.2) is 59.1 Å². The zero-order valence-corrected chi connectivity index (χ0v) is 16.9. The van der Waals surface area contributed by atoms with Crippen LogP contribution in [0.25, 0.3) is 0 Å². The molecule has 0 spiro atoms. The summed E-state index contributed by atoms with van der Waals surface area (Å²) in [5.74, 6) is -0.411. The van der Waals surface area contributed by atoms with Crippen LogP contribution in [-0.2, 0) is 22.4 Å². The highest BCUT2D eigenvalue weighted by Crippen LogP contribution is 2.60. The molecule has 2 aliphatic carbocycles. The number of benzene rings is 2. The van der Waals surface area contributed by atoms with Gasteiger partial charge in [-0.05, 0) is 41.4 Å². The van der Waals surface area contributed by atoms with Crippen molar-refractivity contribution >= 4 is 29.2 Å². The lowest BCUT2D eigenvalue weighted by atomic mass is 9.97. The molecule has 0 aliphatic heterocycles. The van der Waals surface area contributed by atoms with E-state index in [0.717, 1.165) is 24.0 Å². The maximum Gasteiger partial charge on any atom is 0.311 e. The molecule has 2 nitrogen and oxygen atoms in total. The molecule has 1 fully saturated rings. The van der Waals surface area contributed by atoms with Gasteiger partial charge < -0.3 is 4.74 Å². The average Bonchev–Trinajstić information content (AvgIpc) is 3.22. The molecule has 2 aromatic rings. The third-order valence-corrected chi connectivity index (χ3v) is 6.29. The van der Waals surface area contributed by atoms with Crippen molar-refractivity contribution in [3.05, 3.63) is 81.4 Å². The molecule has 0 aromatic heterocycles. The summed E-state index contributed by atoms with van der Waals surface area (Å²) < 4.78 is 6.34. The Hall–Kier alpha value is -1.77. The number of carbonyl (C=O) groups is 1. The van der Waals surface area contributed by atoms with Crippen LogP contribution in [0.3, 0.4) is 0 Å². The molecule has 0 N–H and O–H groups in total. The van der Waals surface area contributed by atoms with Gasteiger partial charge in [-0.1, -0.05) is 85.6 Å². The van der Waals surface area contributed by atoms with E-state index in [1.54, 1.807) is 6.08 Å². The summed E-state index contributed by atoms with van der Waals surface area (Å²) in [6.45, 7) is 4.09. The van der Waals surface area contributed by atoms with Crippen molar-refractivity contribution < 1.29 is 9.53 Å². The molecule has 2 atom stereocenters. The Kier molecular flexibility index (Phi) is 4.82. The van der Waals surface area contributed by atoms with E-state index in [-0.39, 0.29) is 33.8 Å². The molecule has 0 amide bonds. The maximum atomic E-state index is 13.1. The number of esters is 1.